The molecule has 0 aromatic heterocycles. The van der Waals surface area contributed by atoms with Crippen LogP contribution in [0.4, 0.5) is 0 Å². The van der Waals surface area contributed by atoms with Gasteiger partial charge in [0.2, 0.25) is 0 Å². The lowest BCUT2D eigenvalue weighted by Crippen LogP contribution is -2.44. The number of hydrogen-bond acceptors (Lipinski definition) is 4. The molecule has 90 valence electrons. The van der Waals surface area contributed by atoms with Crippen LogP contribution in [0.25, 0.3) is 0 Å². The standard InChI is InChI=1S/C13H17N3S/c1-17-12-4-2-11(3-5-12)13(10-14)16-8-6-15-7-9-16/h2-5,13,15H,6-9H2,1H3. The summed E-state index contributed by atoms with van der Waals surface area (Å²) in [5, 5.41) is 12.6. The first-order chi connectivity index (χ1) is 8.35. The van der Waals surface area contributed by atoms with Crippen molar-refractivity contribution in [3.05, 3.63) is 29.8 Å². The van der Waals surface area contributed by atoms with E-state index in [1.54, 1.807) is 11.8 Å². The van der Waals surface area contributed by atoms with Gasteiger partial charge in [-0.05, 0) is 24.0 Å². The third-order valence-electron chi connectivity index (χ3n) is 3.07. The summed E-state index contributed by atoms with van der Waals surface area (Å²) in [4.78, 5) is 3.48. The third kappa shape index (κ3) is 3.01. The van der Waals surface area contributed by atoms with Crippen molar-refractivity contribution in [2.24, 2.45) is 0 Å². The van der Waals surface area contributed by atoms with Crippen molar-refractivity contribution in [3.63, 3.8) is 0 Å². The summed E-state index contributed by atoms with van der Waals surface area (Å²) in [7, 11) is 0. The molecule has 3 nitrogen and oxygen atoms in total. The molecule has 0 radical (unpaired) electrons. The lowest BCUT2D eigenvalue weighted by atomic mass is 10.1. The molecule has 0 bridgehead atoms. The Bertz CT molecular complexity index is 390. The van der Waals surface area contributed by atoms with E-state index in [-0.39, 0.29) is 6.04 Å². The van der Waals surface area contributed by atoms with E-state index >= 15 is 0 Å². The molecule has 2 rings (SSSR count). The molecule has 1 fully saturated rings. The number of nitrogens with zero attached hydrogens (tertiary/aromatic N) is 2. The summed E-state index contributed by atoms with van der Waals surface area (Å²) in [5.41, 5.74) is 1.10. The Kier molecular flexibility index (Phi) is 4.43. The van der Waals surface area contributed by atoms with Crippen LogP contribution in [0.15, 0.2) is 29.2 Å². The molecule has 0 amide bonds. The molecule has 1 aliphatic heterocycles. The van der Waals surface area contributed by atoms with Gasteiger partial charge in [-0.25, -0.2) is 0 Å². The van der Waals surface area contributed by atoms with Gasteiger partial charge in [-0.1, -0.05) is 12.1 Å². The molecule has 1 atom stereocenters. The highest BCUT2D eigenvalue weighted by molar-refractivity contribution is 7.98. The number of nitrogens with one attached hydrogen (secondary N) is 1. The van der Waals surface area contributed by atoms with Gasteiger partial charge in [0.25, 0.3) is 0 Å². The maximum atomic E-state index is 9.34. The fourth-order valence-electron chi connectivity index (χ4n) is 2.09. The Morgan fingerprint density at radius 1 is 1.29 bits per heavy atom. The van der Waals surface area contributed by atoms with Crippen molar-refractivity contribution in [1.29, 1.82) is 5.26 Å². The Balaban J connectivity index is 2.13. The van der Waals surface area contributed by atoms with Gasteiger partial charge in [-0.2, -0.15) is 5.26 Å². The monoisotopic (exact) mass is 247 g/mol. The van der Waals surface area contributed by atoms with Gasteiger partial charge in [-0.15, -0.1) is 11.8 Å². The van der Waals surface area contributed by atoms with Gasteiger partial charge in [0.05, 0.1) is 6.07 Å². The van der Waals surface area contributed by atoms with E-state index in [0.717, 1.165) is 31.7 Å². The zero-order valence-electron chi connectivity index (χ0n) is 10.0. The average Bonchev–Trinajstić information content (AvgIpc) is 2.42. The first kappa shape index (κ1) is 12.4. The molecule has 1 N–H and O–H groups in total. The second kappa shape index (κ2) is 6.06. The Labute approximate surface area is 107 Å². The SMILES string of the molecule is CSc1ccc(C(C#N)N2CCNCC2)cc1. The molecule has 1 unspecified atom stereocenters. The van der Waals surface area contributed by atoms with E-state index in [0.29, 0.717) is 0 Å². The van der Waals surface area contributed by atoms with Crippen LogP contribution in [0, 0.1) is 11.3 Å². The minimum absolute atomic E-state index is 0.104. The lowest BCUT2D eigenvalue weighted by Gasteiger charge is -2.31. The fourth-order valence-corrected chi connectivity index (χ4v) is 2.50. The number of benzene rings is 1. The van der Waals surface area contributed by atoms with Crippen molar-refractivity contribution in [3.8, 4) is 6.07 Å². The summed E-state index contributed by atoms with van der Waals surface area (Å²) in [6.07, 6.45) is 2.06. The Morgan fingerprint density at radius 2 is 1.94 bits per heavy atom. The van der Waals surface area contributed by atoms with E-state index in [9.17, 15) is 5.26 Å². The van der Waals surface area contributed by atoms with Crippen LogP contribution in [0.2, 0.25) is 0 Å². The zero-order chi connectivity index (χ0) is 12.1. The van der Waals surface area contributed by atoms with Gasteiger partial charge in [0.15, 0.2) is 0 Å². The first-order valence-corrected chi connectivity index (χ1v) is 7.06. The van der Waals surface area contributed by atoms with Crippen LogP contribution in [0.1, 0.15) is 11.6 Å². The van der Waals surface area contributed by atoms with Crippen molar-refractivity contribution in [1.82, 2.24) is 10.2 Å². The molecule has 17 heavy (non-hydrogen) atoms. The molecule has 0 spiro atoms. The molecule has 4 heteroatoms. The number of thioether (sulfide) groups is 1. The van der Waals surface area contributed by atoms with E-state index in [4.69, 9.17) is 0 Å². The lowest BCUT2D eigenvalue weighted by molar-refractivity contribution is 0.207. The van der Waals surface area contributed by atoms with Crippen LogP contribution >= 0.6 is 11.8 Å². The first-order valence-electron chi connectivity index (χ1n) is 5.83. The highest BCUT2D eigenvalue weighted by Gasteiger charge is 2.21. The number of rotatable bonds is 3. The number of hydrogen-bond donors (Lipinski definition) is 1. The topological polar surface area (TPSA) is 39.1 Å². The molecular formula is C13H17N3S. The maximum absolute atomic E-state index is 9.34. The van der Waals surface area contributed by atoms with Crippen molar-refractivity contribution < 1.29 is 0 Å². The smallest absolute Gasteiger partial charge is 0.123 e. The summed E-state index contributed by atoms with van der Waals surface area (Å²) >= 11 is 1.73. The molecule has 1 aromatic rings. The second-order valence-electron chi connectivity index (χ2n) is 4.09. The van der Waals surface area contributed by atoms with Gasteiger partial charge >= 0.3 is 0 Å². The summed E-state index contributed by atoms with van der Waals surface area (Å²) < 4.78 is 0. The number of nitriles is 1. The van der Waals surface area contributed by atoms with Gasteiger partial charge < -0.3 is 5.32 Å². The summed E-state index contributed by atoms with van der Waals surface area (Å²) in [6.45, 7) is 3.84. The van der Waals surface area contributed by atoms with E-state index in [1.165, 1.54) is 4.90 Å². The molecule has 1 saturated heterocycles. The Hall–Kier alpha value is -1.02. The van der Waals surface area contributed by atoms with Gasteiger partial charge in [0, 0.05) is 31.1 Å². The minimum Gasteiger partial charge on any atom is -0.314 e. The molecule has 1 aromatic carbocycles. The molecule has 0 saturated carbocycles. The van der Waals surface area contributed by atoms with E-state index in [2.05, 4.69) is 46.8 Å². The zero-order valence-corrected chi connectivity index (χ0v) is 10.8. The third-order valence-corrected chi connectivity index (χ3v) is 3.81. The number of piperazine rings is 1. The van der Waals surface area contributed by atoms with Crippen LogP contribution in [0.3, 0.4) is 0 Å². The molecule has 1 aliphatic rings. The van der Waals surface area contributed by atoms with Crippen molar-refractivity contribution in [2.75, 3.05) is 32.4 Å². The van der Waals surface area contributed by atoms with Crippen molar-refractivity contribution in [2.45, 2.75) is 10.9 Å². The predicted octanol–water partition coefficient (Wildman–Crippen LogP) is 1.88. The van der Waals surface area contributed by atoms with Gasteiger partial charge in [0.1, 0.15) is 6.04 Å². The van der Waals surface area contributed by atoms with E-state index in [1.807, 2.05) is 0 Å². The molecular weight excluding hydrogens is 230 g/mol. The minimum atomic E-state index is -0.104. The van der Waals surface area contributed by atoms with Crippen LogP contribution in [-0.2, 0) is 0 Å². The fraction of sp³-hybridized carbons (Fsp3) is 0.462. The second-order valence-corrected chi connectivity index (χ2v) is 4.97. The maximum Gasteiger partial charge on any atom is 0.123 e. The van der Waals surface area contributed by atoms with Crippen LogP contribution in [-0.4, -0.2) is 37.3 Å². The largest absolute Gasteiger partial charge is 0.314 e. The molecule has 1 heterocycles. The predicted molar refractivity (Wildman–Crippen MR) is 71.0 cm³/mol. The summed E-state index contributed by atoms with van der Waals surface area (Å²) in [5.74, 6) is 0. The van der Waals surface area contributed by atoms with Gasteiger partial charge in [-0.3, -0.25) is 4.90 Å². The van der Waals surface area contributed by atoms with E-state index < -0.39 is 0 Å². The highest BCUT2D eigenvalue weighted by atomic mass is 32.2. The Morgan fingerprint density at radius 3 is 2.47 bits per heavy atom. The van der Waals surface area contributed by atoms with Crippen molar-refractivity contribution >= 4 is 11.8 Å². The average molecular weight is 247 g/mol. The molecule has 0 aliphatic carbocycles. The highest BCUT2D eigenvalue weighted by Crippen LogP contribution is 2.23. The quantitative estimate of drug-likeness (QED) is 0.828. The van der Waals surface area contributed by atoms with Crippen LogP contribution in [0.5, 0.6) is 0 Å². The van der Waals surface area contributed by atoms with Crippen LogP contribution < -0.4 is 5.32 Å². The summed E-state index contributed by atoms with van der Waals surface area (Å²) in [6, 6.07) is 10.6. The normalized spacial score (nSPS) is 18.6.